The van der Waals surface area contributed by atoms with Crippen LogP contribution in [0.5, 0.6) is 0 Å². The number of rotatable bonds is 5. The molecule has 0 saturated carbocycles. The Morgan fingerprint density at radius 3 is 1.90 bits per heavy atom. The molecule has 1 rings (SSSR count). The molecule has 0 radical (unpaired) electrons. The fourth-order valence-electron chi connectivity index (χ4n) is 1.79. The van der Waals surface area contributed by atoms with Crippen LogP contribution in [-0.2, 0) is 19.2 Å². The predicted octanol–water partition coefficient (Wildman–Crippen LogP) is 2.47. The lowest BCUT2D eigenvalue weighted by molar-refractivity contribution is -0.130. The Morgan fingerprint density at radius 2 is 1.48 bits per heavy atom. The van der Waals surface area contributed by atoms with Gasteiger partial charge in [-0.05, 0) is 38.5 Å². The number of carbonyl (C=O) groups excluding carboxylic acids is 4. The Kier molecular flexibility index (Phi) is 5.79. The van der Waals surface area contributed by atoms with E-state index < -0.39 is 24.7 Å². The van der Waals surface area contributed by atoms with E-state index in [4.69, 9.17) is 11.6 Å². The summed E-state index contributed by atoms with van der Waals surface area (Å²) in [6, 6.07) is 4.86. The van der Waals surface area contributed by atoms with Crippen molar-refractivity contribution in [2.24, 2.45) is 0 Å². The molecule has 0 aromatic heterocycles. The highest BCUT2D eigenvalue weighted by atomic mass is 35.5. The zero-order valence-corrected chi connectivity index (χ0v) is 12.9. The van der Waals surface area contributed by atoms with Crippen molar-refractivity contribution in [2.45, 2.75) is 33.6 Å². The minimum atomic E-state index is -0.693. The maximum absolute atomic E-state index is 12.2. The first kappa shape index (κ1) is 17.0. The number of anilines is 1. The minimum absolute atomic E-state index is 0.189. The summed E-state index contributed by atoms with van der Waals surface area (Å²) in [5.74, 6) is -2.13. The summed E-state index contributed by atoms with van der Waals surface area (Å²) in [7, 11) is 0. The van der Waals surface area contributed by atoms with Crippen LogP contribution in [0.25, 0.3) is 0 Å². The molecule has 0 saturated heterocycles. The molecule has 0 heterocycles. The van der Waals surface area contributed by atoms with E-state index in [0.717, 1.165) is 10.5 Å². The van der Waals surface area contributed by atoms with Gasteiger partial charge in [-0.15, -0.1) is 0 Å². The number of imide groups is 1. The Bertz CT molecular complexity index is 582. The van der Waals surface area contributed by atoms with Crippen LogP contribution in [0.4, 0.5) is 5.69 Å². The van der Waals surface area contributed by atoms with Crippen LogP contribution in [0, 0.1) is 6.92 Å². The van der Waals surface area contributed by atoms with Crippen LogP contribution < -0.4 is 4.90 Å². The smallest absolute Gasteiger partial charge is 0.241 e. The number of ketones is 2. The number of carbonyl (C=O) groups is 4. The summed E-state index contributed by atoms with van der Waals surface area (Å²) in [5, 5.41) is 0.203. The third-order valence-corrected chi connectivity index (χ3v) is 2.96. The van der Waals surface area contributed by atoms with Crippen LogP contribution >= 0.6 is 11.6 Å². The quantitative estimate of drug-likeness (QED) is 0.783. The summed E-state index contributed by atoms with van der Waals surface area (Å²) >= 11 is 6.04. The summed E-state index contributed by atoms with van der Waals surface area (Å²) in [5.41, 5.74) is 0.986. The third kappa shape index (κ3) is 4.79. The zero-order valence-electron chi connectivity index (χ0n) is 12.1. The average Bonchev–Trinajstić information content (AvgIpc) is 2.31. The summed E-state index contributed by atoms with van der Waals surface area (Å²) in [6.45, 7) is 4.29. The Morgan fingerprint density at radius 1 is 1.00 bits per heavy atom. The van der Waals surface area contributed by atoms with E-state index in [2.05, 4.69) is 0 Å². The summed E-state index contributed by atoms with van der Waals surface area (Å²) < 4.78 is 0. The van der Waals surface area contributed by atoms with E-state index in [0.29, 0.717) is 0 Å². The summed E-state index contributed by atoms with van der Waals surface area (Å²) in [4.78, 5) is 47.4. The number of hydrogen-bond acceptors (Lipinski definition) is 4. The highest BCUT2D eigenvalue weighted by Crippen LogP contribution is 2.28. The van der Waals surface area contributed by atoms with Gasteiger partial charge in [0, 0.05) is 0 Å². The summed E-state index contributed by atoms with van der Waals surface area (Å²) in [6.07, 6.45) is -0.845. The molecule has 0 atom stereocenters. The SMILES string of the molecule is CC(=O)CC(=O)N(C(=O)CC(C)=O)c1cc(C)ccc1Cl. The fourth-order valence-corrected chi connectivity index (χ4v) is 1.99. The van der Waals surface area contributed by atoms with Gasteiger partial charge in [-0.2, -0.15) is 0 Å². The molecule has 0 N–H and O–H groups in total. The molecule has 5 nitrogen and oxygen atoms in total. The number of halogens is 1. The standard InChI is InChI=1S/C15H16ClNO4/c1-9-4-5-12(16)13(6-9)17(14(20)7-10(2)18)15(21)8-11(3)19/h4-6H,7-8H2,1-3H3. The lowest BCUT2D eigenvalue weighted by Crippen LogP contribution is -2.39. The molecule has 21 heavy (non-hydrogen) atoms. The monoisotopic (exact) mass is 309 g/mol. The molecular weight excluding hydrogens is 294 g/mol. The van der Waals surface area contributed by atoms with Crippen molar-refractivity contribution >= 4 is 40.7 Å². The number of hydrogen-bond donors (Lipinski definition) is 0. The second kappa shape index (κ2) is 7.13. The molecular formula is C15H16ClNO4. The number of benzene rings is 1. The maximum atomic E-state index is 12.2. The van der Waals surface area contributed by atoms with Gasteiger partial charge in [0.05, 0.1) is 23.6 Å². The molecule has 2 amide bonds. The van der Waals surface area contributed by atoms with Gasteiger partial charge < -0.3 is 0 Å². The first-order valence-electron chi connectivity index (χ1n) is 6.33. The van der Waals surface area contributed by atoms with Gasteiger partial charge >= 0.3 is 0 Å². The van der Waals surface area contributed by atoms with Gasteiger partial charge in [-0.25, -0.2) is 4.90 Å². The fraction of sp³-hybridized carbons (Fsp3) is 0.333. The van der Waals surface area contributed by atoms with Crippen LogP contribution in [0.3, 0.4) is 0 Å². The van der Waals surface area contributed by atoms with E-state index >= 15 is 0 Å². The Balaban J connectivity index is 3.26. The first-order chi connectivity index (χ1) is 9.72. The molecule has 0 unspecified atom stereocenters. The minimum Gasteiger partial charge on any atom is -0.299 e. The van der Waals surface area contributed by atoms with Gasteiger partial charge in [-0.1, -0.05) is 17.7 Å². The van der Waals surface area contributed by atoms with Crippen molar-refractivity contribution in [3.8, 4) is 0 Å². The molecule has 112 valence electrons. The van der Waals surface area contributed by atoms with Crippen molar-refractivity contribution in [1.29, 1.82) is 0 Å². The number of Topliss-reactive ketones (excluding diaryl/α,β-unsaturated/α-hetero) is 2. The molecule has 0 bridgehead atoms. The van der Waals surface area contributed by atoms with Crippen molar-refractivity contribution in [3.63, 3.8) is 0 Å². The van der Waals surface area contributed by atoms with Gasteiger partial charge in [0.2, 0.25) is 11.8 Å². The molecule has 1 aromatic rings. The van der Waals surface area contributed by atoms with E-state index in [1.807, 2.05) is 0 Å². The highest BCUT2D eigenvalue weighted by Gasteiger charge is 2.27. The van der Waals surface area contributed by atoms with Crippen LogP contribution in [0.1, 0.15) is 32.3 Å². The average molecular weight is 310 g/mol. The molecule has 0 aliphatic rings. The largest absolute Gasteiger partial charge is 0.299 e. The van der Waals surface area contributed by atoms with Gasteiger partial charge in [0.1, 0.15) is 11.6 Å². The van der Waals surface area contributed by atoms with E-state index in [9.17, 15) is 19.2 Å². The van der Waals surface area contributed by atoms with Crippen molar-refractivity contribution in [2.75, 3.05) is 4.90 Å². The molecule has 0 aliphatic heterocycles. The van der Waals surface area contributed by atoms with Gasteiger partial charge in [-0.3, -0.25) is 19.2 Å². The van der Waals surface area contributed by atoms with Crippen LogP contribution in [0.15, 0.2) is 18.2 Å². The molecule has 0 fully saturated rings. The lowest BCUT2D eigenvalue weighted by atomic mass is 10.1. The van der Waals surface area contributed by atoms with Gasteiger partial charge in [0.15, 0.2) is 0 Å². The number of nitrogens with zero attached hydrogens (tertiary/aromatic N) is 1. The first-order valence-corrected chi connectivity index (χ1v) is 6.71. The Hall–Kier alpha value is -2.01. The topological polar surface area (TPSA) is 71.5 Å². The van der Waals surface area contributed by atoms with Crippen molar-refractivity contribution in [1.82, 2.24) is 0 Å². The molecule has 0 aliphatic carbocycles. The van der Waals surface area contributed by atoms with E-state index in [1.165, 1.54) is 13.8 Å². The van der Waals surface area contributed by atoms with E-state index in [1.54, 1.807) is 25.1 Å². The highest BCUT2D eigenvalue weighted by molar-refractivity contribution is 6.35. The second-order valence-electron chi connectivity index (χ2n) is 4.84. The van der Waals surface area contributed by atoms with Crippen LogP contribution in [-0.4, -0.2) is 23.4 Å². The zero-order chi connectivity index (χ0) is 16.2. The lowest BCUT2D eigenvalue weighted by Gasteiger charge is -2.21. The number of aryl methyl sites for hydroxylation is 1. The predicted molar refractivity (Wildman–Crippen MR) is 79.3 cm³/mol. The van der Waals surface area contributed by atoms with Gasteiger partial charge in [0.25, 0.3) is 0 Å². The van der Waals surface area contributed by atoms with Crippen molar-refractivity contribution < 1.29 is 19.2 Å². The second-order valence-corrected chi connectivity index (χ2v) is 5.24. The molecule has 6 heteroatoms. The normalized spacial score (nSPS) is 10.1. The van der Waals surface area contributed by atoms with Crippen molar-refractivity contribution in [3.05, 3.63) is 28.8 Å². The van der Waals surface area contributed by atoms with E-state index in [-0.39, 0.29) is 22.3 Å². The molecule has 0 spiro atoms. The third-order valence-electron chi connectivity index (χ3n) is 2.64. The Labute approximate surface area is 127 Å². The number of amides is 2. The van der Waals surface area contributed by atoms with Crippen LogP contribution in [0.2, 0.25) is 5.02 Å². The maximum Gasteiger partial charge on any atom is 0.241 e. The molecule has 1 aromatic carbocycles.